The number of hydrogen-bond donors (Lipinski definition) is 3. The van der Waals surface area contributed by atoms with Crippen molar-refractivity contribution in [3.8, 4) is 0 Å². The van der Waals surface area contributed by atoms with Gasteiger partial charge in [0.15, 0.2) is 28.6 Å². The lowest BCUT2D eigenvalue weighted by Gasteiger charge is -2.12. The van der Waals surface area contributed by atoms with Crippen molar-refractivity contribution in [2.75, 3.05) is 41.8 Å². The highest BCUT2D eigenvalue weighted by Gasteiger charge is 2.16. The van der Waals surface area contributed by atoms with Gasteiger partial charge in [-0.2, -0.15) is 0 Å². The minimum absolute atomic E-state index is 0.0509. The van der Waals surface area contributed by atoms with Crippen LogP contribution in [0.5, 0.6) is 0 Å². The largest absolute Gasteiger partial charge is 0.355 e. The van der Waals surface area contributed by atoms with Crippen LogP contribution in [0, 0.1) is 13.8 Å². The van der Waals surface area contributed by atoms with Crippen molar-refractivity contribution in [2.45, 2.75) is 86.7 Å². The smallest absolute Gasteiger partial charge is 0.251 e. The maximum absolute atomic E-state index is 11.7. The topological polar surface area (TPSA) is 262 Å². The quantitative estimate of drug-likeness (QED) is 0.0533. The summed E-state index contributed by atoms with van der Waals surface area (Å²) >= 11 is 0. The molecule has 0 radical (unpaired) electrons. The van der Waals surface area contributed by atoms with Gasteiger partial charge in [0.05, 0.1) is 42.6 Å². The summed E-state index contributed by atoms with van der Waals surface area (Å²) in [6.07, 6.45) is 15.6. The fourth-order valence-corrected chi connectivity index (χ4v) is 14.6. The molecule has 18 rings (SSSR count). The van der Waals surface area contributed by atoms with Gasteiger partial charge in [0, 0.05) is 147 Å². The van der Waals surface area contributed by atoms with Crippen molar-refractivity contribution in [2.24, 2.45) is 0 Å². The van der Waals surface area contributed by atoms with Crippen LogP contribution < -0.4 is 16.0 Å². The number of aryl methyl sites for hydroxylation is 1. The van der Waals surface area contributed by atoms with Gasteiger partial charge in [-0.05, 0) is 170 Å². The molecule has 3 N–H and O–H groups in total. The van der Waals surface area contributed by atoms with Crippen molar-refractivity contribution in [1.29, 1.82) is 0 Å². The number of likely N-dealkylation sites (N-methyl/N-ethyl adjacent to an activating group) is 1. The molecule has 0 fully saturated rings. The number of aromatic nitrogens is 13. The van der Waals surface area contributed by atoms with Crippen molar-refractivity contribution >= 4 is 101 Å². The molecule has 0 unspecified atom stereocenters. The van der Waals surface area contributed by atoms with Crippen LogP contribution in [0.1, 0.15) is 140 Å². The number of nitrogens with zero attached hydrogens (tertiary/aromatic N) is 14. The maximum atomic E-state index is 11.7. The Labute approximate surface area is 726 Å². The fourth-order valence-electron chi connectivity index (χ4n) is 14.6. The number of nitrogens with one attached hydrogen (secondary N) is 3. The number of imidazole rings is 3. The Bertz CT molecular complexity index is 6480. The highest BCUT2D eigenvalue weighted by Crippen LogP contribution is 2.28. The lowest BCUT2D eigenvalue weighted by molar-refractivity contribution is 0.0955. The van der Waals surface area contributed by atoms with Gasteiger partial charge in [0.25, 0.3) is 17.7 Å². The predicted octanol–water partition coefficient (Wildman–Crippen LogP) is 17.7. The number of amides is 3. The first-order chi connectivity index (χ1) is 60.7. The third-order valence-corrected chi connectivity index (χ3v) is 21.7. The molecular formula is C102H101N17O6. The van der Waals surface area contributed by atoms with E-state index in [2.05, 4.69) is 194 Å². The van der Waals surface area contributed by atoms with E-state index in [1.165, 1.54) is 73.3 Å². The number of Topliss-reactive ketones (excluding diaryl/α,β-unsaturated/α-hetero) is 3. The predicted molar refractivity (Wildman–Crippen MR) is 496 cm³/mol. The molecule has 10 aromatic carbocycles. The molecule has 0 aliphatic heterocycles. The third-order valence-electron chi connectivity index (χ3n) is 21.7. The molecule has 0 aliphatic rings. The Morgan fingerprint density at radius 2 is 0.784 bits per heavy atom. The Morgan fingerprint density at radius 3 is 1.27 bits per heavy atom. The lowest BCUT2D eigenvalue weighted by Crippen LogP contribution is -2.18. The number of ketones is 3. The molecule has 3 amide bonds. The molecule has 0 bridgehead atoms. The number of carbonyl (C=O) groups is 6. The van der Waals surface area contributed by atoms with Crippen LogP contribution in [0.2, 0.25) is 0 Å². The normalized spacial score (nSPS) is 10.9. The Hall–Kier alpha value is -15.2. The van der Waals surface area contributed by atoms with E-state index in [0.29, 0.717) is 41.8 Å². The molecule has 8 aromatic heterocycles. The maximum Gasteiger partial charge on any atom is 0.251 e. The van der Waals surface area contributed by atoms with E-state index >= 15 is 0 Å². The molecule has 630 valence electrons. The second kappa shape index (κ2) is 41.8. The highest BCUT2D eigenvalue weighted by atomic mass is 16.2. The summed E-state index contributed by atoms with van der Waals surface area (Å²) in [4.78, 5) is 101. The lowest BCUT2D eigenvalue weighted by atomic mass is 10.1. The summed E-state index contributed by atoms with van der Waals surface area (Å²) in [5, 5.41) is 11.7. The summed E-state index contributed by atoms with van der Waals surface area (Å²) in [5.41, 5.74) is 22.9. The summed E-state index contributed by atoms with van der Waals surface area (Å²) in [7, 11) is 9.06. The van der Waals surface area contributed by atoms with Gasteiger partial charge in [-0.15, -0.1) is 0 Å². The number of benzene rings is 10. The van der Waals surface area contributed by atoms with Gasteiger partial charge >= 0.3 is 0 Å². The summed E-state index contributed by atoms with van der Waals surface area (Å²) < 4.78 is 13.0. The number of rotatable bonds is 22. The SMILES string of the molecule is CC(=O)c1ccc(Cn2ccc3ccccc32)cc1.CC(=O)c1ccc(Cn2ccc3ccccc32)cc1.CCC(=O)c1ccc(Cn2cnc3ncncc32)cc1.CNC(=O)c1ccc(Cn2c(C)c(C)c3ccccc32)cc1.CNC(=O)c1ccc(Cn2c(CCN(C)C)nc3ccccc32)cc1.CNC(=O)c1ccc(Cn2cnc3cncnc32)cc1. The number of hydrogen-bond acceptors (Lipinski definition) is 14. The number of para-hydroxylation sites is 5. The zero-order valence-corrected chi connectivity index (χ0v) is 71.9. The Kier molecular flexibility index (Phi) is 29.3. The molecule has 0 saturated carbocycles. The van der Waals surface area contributed by atoms with Crippen LogP contribution in [-0.4, -0.2) is 144 Å². The van der Waals surface area contributed by atoms with Gasteiger partial charge in [-0.3, -0.25) is 28.8 Å². The van der Waals surface area contributed by atoms with Gasteiger partial charge in [0.1, 0.15) is 29.5 Å². The molecule has 8 heterocycles. The van der Waals surface area contributed by atoms with E-state index in [1.54, 1.807) is 60.0 Å². The molecule has 0 atom stereocenters. The fraction of sp³-hybridized carbons (Fsp3) is 0.186. The van der Waals surface area contributed by atoms with Crippen LogP contribution in [-0.2, 0) is 45.7 Å². The van der Waals surface area contributed by atoms with Crippen molar-refractivity contribution in [1.82, 2.24) is 83.1 Å². The Balaban J connectivity index is 0.000000129. The molecular weight excluding hydrogens is 1560 g/mol. The molecule has 0 spiro atoms. The second-order valence-corrected chi connectivity index (χ2v) is 30.5. The number of carbonyl (C=O) groups excluding carboxylic acids is 6. The van der Waals surface area contributed by atoms with E-state index in [1.807, 2.05) is 186 Å². The summed E-state index contributed by atoms with van der Waals surface area (Å²) in [6.45, 7) is 14.9. The van der Waals surface area contributed by atoms with Crippen LogP contribution >= 0.6 is 0 Å². The zero-order chi connectivity index (χ0) is 87.9. The first-order valence-electron chi connectivity index (χ1n) is 41.4. The van der Waals surface area contributed by atoms with Crippen molar-refractivity contribution in [3.05, 3.63) is 389 Å². The van der Waals surface area contributed by atoms with E-state index in [-0.39, 0.29) is 35.1 Å². The van der Waals surface area contributed by atoms with Crippen LogP contribution in [0.3, 0.4) is 0 Å². The summed E-state index contributed by atoms with van der Waals surface area (Å²) in [5.74, 6) is 1.27. The van der Waals surface area contributed by atoms with Gasteiger partial charge in [0.2, 0.25) is 0 Å². The van der Waals surface area contributed by atoms with Gasteiger partial charge in [-0.1, -0.05) is 183 Å². The Morgan fingerprint density at radius 1 is 0.376 bits per heavy atom. The van der Waals surface area contributed by atoms with Gasteiger partial charge in [-0.25, -0.2) is 34.9 Å². The zero-order valence-electron chi connectivity index (χ0n) is 71.9. The molecule has 18 aromatic rings. The minimum Gasteiger partial charge on any atom is -0.355 e. The first-order valence-corrected chi connectivity index (χ1v) is 41.4. The average Bonchev–Trinajstić information content (AvgIpc) is 1.63. The van der Waals surface area contributed by atoms with Crippen molar-refractivity contribution < 1.29 is 28.8 Å². The minimum atomic E-state index is -0.0858. The summed E-state index contributed by atoms with van der Waals surface area (Å²) in [6, 6.07) is 84.0. The van der Waals surface area contributed by atoms with Crippen molar-refractivity contribution in [3.63, 3.8) is 0 Å². The number of fused-ring (bicyclic) bond motifs is 6. The third kappa shape index (κ3) is 22.3. The molecule has 23 heteroatoms. The standard InChI is InChI=1S/C20H24N4O.C19H20N2O.2C17H15NO.C15H14N4O.C14H13N5O/c1-21-20(25)16-10-8-15(9-11-16)14-24-18-7-5-4-6-17(18)22-19(24)12-13-23(2)3;1-13-14(2)21(18-7-5-4-6-17(13)18)12-15-8-10-16(11-9-15)19(22)20-3;2*1-13(19)15-8-6-14(7-9-15)12-18-11-10-16-4-2-3-5-17(16)18;1-2-14(20)12-5-3-11(4-6-12)8-19-10-18-15-13(19)7-16-9-17-15;1-15-14(20)11-4-2-10(3-5-11)7-19-9-18-12-6-16-8-17-13(12)19/h4-11H,12-14H2,1-3H3,(H,21,25);4-11H,12H2,1-3H3,(H,20,22);2*2-11H,12H2,1H3;3-7,9-10H,2,8H2,1H3;2-6,8-9H,7H2,1H3,(H,15,20). The van der Waals surface area contributed by atoms with E-state index in [0.717, 1.165) is 106 Å². The average molecular weight is 1660 g/mol. The van der Waals surface area contributed by atoms with E-state index < -0.39 is 0 Å². The highest BCUT2D eigenvalue weighted by molar-refractivity contribution is 5.97. The van der Waals surface area contributed by atoms with Crippen LogP contribution in [0.4, 0.5) is 0 Å². The molecule has 0 aliphatic carbocycles. The van der Waals surface area contributed by atoms with Gasteiger partial charge < -0.3 is 48.3 Å². The monoisotopic (exact) mass is 1660 g/mol. The molecule has 125 heavy (non-hydrogen) atoms. The molecule has 23 nitrogen and oxygen atoms in total. The molecule has 0 saturated heterocycles. The second-order valence-electron chi connectivity index (χ2n) is 30.5. The van der Waals surface area contributed by atoms with Crippen LogP contribution in [0.15, 0.2) is 305 Å². The van der Waals surface area contributed by atoms with E-state index in [9.17, 15) is 28.8 Å². The first kappa shape index (κ1) is 87.6. The van der Waals surface area contributed by atoms with E-state index in [4.69, 9.17) is 4.98 Å². The van der Waals surface area contributed by atoms with Crippen LogP contribution in [0.25, 0.3) is 66.1 Å².